The third kappa shape index (κ3) is 3.22. The summed E-state index contributed by atoms with van der Waals surface area (Å²) < 4.78 is 0. The smallest absolute Gasteiger partial charge is 0.142 e. The van der Waals surface area contributed by atoms with Gasteiger partial charge in [-0.15, -0.1) is 0 Å². The van der Waals surface area contributed by atoms with Gasteiger partial charge in [0.1, 0.15) is 6.29 Å². The molecule has 4 atom stereocenters. The Morgan fingerprint density at radius 1 is 1.36 bits per heavy atom. The Labute approximate surface area is 135 Å². The van der Waals surface area contributed by atoms with E-state index in [0.29, 0.717) is 11.8 Å². The predicted molar refractivity (Wildman–Crippen MR) is 91.5 cm³/mol. The summed E-state index contributed by atoms with van der Waals surface area (Å²) in [7, 11) is 0. The molecule has 0 radical (unpaired) electrons. The van der Waals surface area contributed by atoms with Crippen LogP contribution in [0.1, 0.15) is 66.2 Å². The van der Waals surface area contributed by atoms with Crippen LogP contribution in [-0.2, 0) is 4.79 Å². The molecule has 2 nitrogen and oxygen atoms in total. The fourth-order valence-corrected chi connectivity index (χ4v) is 5.55. The molecule has 0 bridgehead atoms. The van der Waals surface area contributed by atoms with Crippen molar-refractivity contribution in [1.82, 2.24) is 0 Å². The molecule has 0 heterocycles. The average Bonchev–Trinajstić information content (AvgIpc) is 2.35. The Kier molecular flexibility index (Phi) is 5.01. The minimum Gasteiger partial charge on any atom is -0.393 e. The third-order valence-corrected chi connectivity index (χ3v) is 6.40. The molecule has 0 aromatic heterocycles. The van der Waals surface area contributed by atoms with Crippen molar-refractivity contribution in [2.75, 3.05) is 0 Å². The van der Waals surface area contributed by atoms with Crippen LogP contribution in [0.5, 0.6) is 0 Å². The maximum absolute atomic E-state index is 10.6. The van der Waals surface area contributed by atoms with Crippen LogP contribution in [0, 0.1) is 22.7 Å². The zero-order chi connectivity index (χ0) is 16.5. The average molecular weight is 304 g/mol. The number of rotatable bonds is 4. The fourth-order valence-electron chi connectivity index (χ4n) is 5.55. The van der Waals surface area contributed by atoms with Gasteiger partial charge in [0.25, 0.3) is 0 Å². The first-order chi connectivity index (χ1) is 10.2. The molecule has 0 saturated heterocycles. The zero-order valence-electron chi connectivity index (χ0n) is 14.7. The first kappa shape index (κ1) is 17.5. The predicted octanol–water partition coefficient (Wildman–Crippen LogP) is 4.68. The Hall–Kier alpha value is -0.890. The van der Waals surface area contributed by atoms with Crippen molar-refractivity contribution in [2.24, 2.45) is 22.7 Å². The van der Waals surface area contributed by atoms with Crippen molar-refractivity contribution >= 4 is 6.29 Å². The number of allylic oxidation sites excluding steroid dienone is 3. The second-order valence-corrected chi connectivity index (χ2v) is 8.55. The molecule has 2 heteroatoms. The maximum atomic E-state index is 10.6. The lowest BCUT2D eigenvalue weighted by Gasteiger charge is -2.59. The number of hydrogen-bond donors (Lipinski definition) is 1. The Bertz CT molecular complexity index is 474. The van der Waals surface area contributed by atoms with E-state index in [9.17, 15) is 9.90 Å². The van der Waals surface area contributed by atoms with Crippen molar-refractivity contribution in [3.8, 4) is 0 Å². The van der Waals surface area contributed by atoms with Crippen LogP contribution >= 0.6 is 0 Å². The first-order valence-electron chi connectivity index (χ1n) is 8.67. The largest absolute Gasteiger partial charge is 0.393 e. The van der Waals surface area contributed by atoms with Crippen LogP contribution in [0.25, 0.3) is 0 Å². The van der Waals surface area contributed by atoms with E-state index < -0.39 is 0 Å². The van der Waals surface area contributed by atoms with Gasteiger partial charge in [0.15, 0.2) is 0 Å². The van der Waals surface area contributed by atoms with E-state index in [1.165, 1.54) is 12.0 Å². The molecular weight excluding hydrogens is 272 g/mol. The van der Waals surface area contributed by atoms with Crippen LogP contribution in [0.3, 0.4) is 0 Å². The van der Waals surface area contributed by atoms with E-state index >= 15 is 0 Å². The molecule has 0 aromatic rings. The van der Waals surface area contributed by atoms with E-state index in [1.54, 1.807) is 6.08 Å². The number of hydrogen-bond acceptors (Lipinski definition) is 2. The molecular formula is C20H32O2. The fraction of sp³-hybridized carbons (Fsp3) is 0.750. The van der Waals surface area contributed by atoms with Crippen molar-refractivity contribution in [3.63, 3.8) is 0 Å². The molecule has 0 amide bonds. The summed E-state index contributed by atoms with van der Waals surface area (Å²) in [5.41, 5.74) is 2.82. The molecule has 2 saturated carbocycles. The standard InChI is InChI=1S/C20H32O2/c1-14(10-11-21)6-8-17-15(2)7-9-18-19(3,4)12-16(22)13-20(17,18)5/h10-11,16-18,22H,2,6-9,12-13H2,1,3-5H3/b14-10-/t16-,17+,18+,20-/m1/s1. The molecule has 0 spiro atoms. The zero-order valence-corrected chi connectivity index (χ0v) is 14.7. The van der Waals surface area contributed by atoms with Crippen LogP contribution < -0.4 is 0 Å². The normalized spacial score (nSPS) is 38.5. The number of aliphatic hydroxyl groups excluding tert-OH is 1. The van der Waals surface area contributed by atoms with E-state index in [2.05, 4.69) is 27.4 Å². The highest BCUT2D eigenvalue weighted by molar-refractivity contribution is 5.65. The summed E-state index contributed by atoms with van der Waals surface area (Å²) in [6.07, 6.45) is 8.46. The minimum atomic E-state index is -0.198. The van der Waals surface area contributed by atoms with Gasteiger partial charge in [-0.05, 0) is 74.2 Å². The number of carbonyl (C=O) groups is 1. The van der Waals surface area contributed by atoms with Gasteiger partial charge in [0.2, 0.25) is 0 Å². The summed E-state index contributed by atoms with van der Waals surface area (Å²) in [6, 6.07) is 0. The van der Waals surface area contributed by atoms with Gasteiger partial charge in [-0.25, -0.2) is 0 Å². The topological polar surface area (TPSA) is 37.3 Å². The van der Waals surface area contributed by atoms with Gasteiger partial charge in [-0.3, -0.25) is 4.79 Å². The summed E-state index contributed by atoms with van der Waals surface area (Å²) in [5.74, 6) is 1.10. The number of carbonyl (C=O) groups excluding carboxylic acids is 1. The highest BCUT2D eigenvalue weighted by Gasteiger charge is 2.54. The highest BCUT2D eigenvalue weighted by atomic mass is 16.3. The van der Waals surface area contributed by atoms with Gasteiger partial charge >= 0.3 is 0 Å². The molecule has 22 heavy (non-hydrogen) atoms. The van der Waals surface area contributed by atoms with Gasteiger partial charge in [-0.1, -0.05) is 38.5 Å². The van der Waals surface area contributed by atoms with Gasteiger partial charge in [-0.2, -0.15) is 0 Å². The Balaban J connectivity index is 2.24. The molecule has 1 N–H and O–H groups in total. The van der Waals surface area contributed by atoms with Crippen LogP contribution in [0.15, 0.2) is 23.8 Å². The summed E-state index contributed by atoms with van der Waals surface area (Å²) in [6.45, 7) is 13.4. The Morgan fingerprint density at radius 2 is 2.05 bits per heavy atom. The molecule has 2 aliphatic rings. The SMILES string of the molecule is C=C1CC[C@H]2C(C)(C)C[C@@H](O)C[C@]2(C)[C@H]1CC/C(C)=C\C=O. The molecule has 0 unspecified atom stereocenters. The second-order valence-electron chi connectivity index (χ2n) is 8.55. The van der Waals surface area contributed by atoms with E-state index in [0.717, 1.165) is 44.0 Å². The number of aldehydes is 1. The van der Waals surface area contributed by atoms with Crippen molar-refractivity contribution < 1.29 is 9.90 Å². The lowest BCUT2D eigenvalue weighted by molar-refractivity contribution is -0.105. The highest BCUT2D eigenvalue weighted by Crippen LogP contribution is 2.61. The molecule has 2 rings (SSSR count). The van der Waals surface area contributed by atoms with E-state index in [4.69, 9.17) is 0 Å². The molecule has 0 aromatic carbocycles. The van der Waals surface area contributed by atoms with E-state index in [-0.39, 0.29) is 16.9 Å². The molecule has 2 aliphatic carbocycles. The number of fused-ring (bicyclic) bond motifs is 1. The van der Waals surface area contributed by atoms with Crippen LogP contribution in [-0.4, -0.2) is 17.5 Å². The lowest BCUT2D eigenvalue weighted by atomic mass is 9.46. The second kappa shape index (κ2) is 6.31. The summed E-state index contributed by atoms with van der Waals surface area (Å²) in [4.78, 5) is 10.6. The van der Waals surface area contributed by atoms with Crippen LogP contribution in [0.2, 0.25) is 0 Å². The Morgan fingerprint density at radius 3 is 2.68 bits per heavy atom. The quantitative estimate of drug-likeness (QED) is 0.465. The van der Waals surface area contributed by atoms with Gasteiger partial charge in [0.05, 0.1) is 6.10 Å². The molecule has 124 valence electrons. The minimum absolute atomic E-state index is 0.137. The summed E-state index contributed by atoms with van der Waals surface area (Å²) in [5, 5.41) is 10.4. The van der Waals surface area contributed by atoms with Crippen molar-refractivity contribution in [2.45, 2.75) is 72.3 Å². The number of aliphatic hydroxyl groups is 1. The van der Waals surface area contributed by atoms with Gasteiger partial charge < -0.3 is 5.11 Å². The monoisotopic (exact) mass is 304 g/mol. The lowest BCUT2D eigenvalue weighted by Crippen LogP contribution is -2.53. The third-order valence-electron chi connectivity index (χ3n) is 6.40. The van der Waals surface area contributed by atoms with Crippen molar-refractivity contribution in [3.05, 3.63) is 23.8 Å². The van der Waals surface area contributed by atoms with Gasteiger partial charge in [0, 0.05) is 0 Å². The summed E-state index contributed by atoms with van der Waals surface area (Å²) >= 11 is 0. The van der Waals surface area contributed by atoms with Crippen molar-refractivity contribution in [1.29, 1.82) is 0 Å². The molecule has 0 aliphatic heterocycles. The van der Waals surface area contributed by atoms with E-state index in [1.807, 2.05) is 6.92 Å². The molecule has 2 fully saturated rings. The first-order valence-corrected chi connectivity index (χ1v) is 8.67. The van der Waals surface area contributed by atoms with Crippen LogP contribution in [0.4, 0.5) is 0 Å². The maximum Gasteiger partial charge on any atom is 0.142 e.